The third-order valence-corrected chi connectivity index (χ3v) is 7.39. The van der Waals surface area contributed by atoms with Crippen molar-refractivity contribution in [2.24, 2.45) is 0 Å². The van der Waals surface area contributed by atoms with E-state index < -0.39 is 0 Å². The van der Waals surface area contributed by atoms with Crippen LogP contribution in [-0.2, 0) is 11.8 Å². The van der Waals surface area contributed by atoms with Gasteiger partial charge in [-0.15, -0.1) is 0 Å². The number of urea groups is 1. The van der Waals surface area contributed by atoms with Crippen molar-refractivity contribution in [2.45, 2.75) is 58.4 Å². The molecule has 0 unspecified atom stereocenters. The van der Waals surface area contributed by atoms with Crippen molar-refractivity contribution in [3.8, 4) is 0 Å². The van der Waals surface area contributed by atoms with Crippen LogP contribution in [0.2, 0.25) is 5.02 Å². The minimum Gasteiger partial charge on any atom is -0.367 e. The fourth-order valence-corrected chi connectivity index (χ4v) is 4.85. The summed E-state index contributed by atoms with van der Waals surface area (Å²) in [5.74, 6) is 1.40. The van der Waals surface area contributed by atoms with Gasteiger partial charge in [0.05, 0.1) is 16.4 Å². The van der Waals surface area contributed by atoms with Gasteiger partial charge in [-0.3, -0.25) is 4.90 Å². The minimum absolute atomic E-state index is 0.116. The highest BCUT2D eigenvalue weighted by molar-refractivity contribution is 6.34. The lowest BCUT2D eigenvalue weighted by Gasteiger charge is -2.39. The van der Waals surface area contributed by atoms with E-state index in [2.05, 4.69) is 46.0 Å². The molecule has 8 nitrogen and oxygen atoms in total. The van der Waals surface area contributed by atoms with Crippen LogP contribution in [0.15, 0.2) is 22.7 Å². The number of rotatable bonds is 5. The number of nitrogens with zero attached hydrogens (tertiary/aromatic N) is 5. The first kappa shape index (κ1) is 23.8. The Balaban J connectivity index is 1.41. The Kier molecular flexibility index (Phi) is 7.14. The largest absolute Gasteiger partial charge is 0.367 e. The number of halogens is 1. The molecule has 1 aromatic heterocycles. The number of carbonyl (C=O) groups is 1. The zero-order valence-corrected chi connectivity index (χ0v) is 20.9. The normalized spacial score (nSPS) is 19.2. The number of carbonyl (C=O) groups excluding carboxylic acids is 1. The van der Waals surface area contributed by atoms with Crippen molar-refractivity contribution in [1.29, 1.82) is 0 Å². The lowest BCUT2D eigenvalue weighted by molar-refractivity contribution is 0.169. The van der Waals surface area contributed by atoms with Crippen LogP contribution in [0.3, 0.4) is 0 Å². The molecule has 2 aliphatic rings. The maximum atomic E-state index is 13.2. The number of nitrogens with one attached hydrogen (secondary N) is 1. The molecule has 4 rings (SSSR count). The number of para-hydroxylation sites is 1. The van der Waals surface area contributed by atoms with Gasteiger partial charge < -0.3 is 19.6 Å². The zero-order chi connectivity index (χ0) is 23.6. The third-order valence-electron chi connectivity index (χ3n) is 7.07. The molecule has 2 aromatic rings. The molecule has 0 radical (unpaired) electrons. The van der Waals surface area contributed by atoms with E-state index in [4.69, 9.17) is 16.1 Å². The average Bonchev–Trinajstić information content (AvgIpc) is 3.31. The summed E-state index contributed by atoms with van der Waals surface area (Å²) in [5, 5.41) is 7.85. The molecule has 2 saturated heterocycles. The topological polar surface area (TPSA) is 77.7 Å². The number of aryl methyl sites for hydroxylation is 1. The first-order chi connectivity index (χ1) is 15.8. The van der Waals surface area contributed by atoms with Crippen LogP contribution in [-0.4, -0.2) is 71.3 Å². The fourth-order valence-electron chi connectivity index (χ4n) is 4.64. The summed E-state index contributed by atoms with van der Waals surface area (Å²) >= 11 is 6.55. The SMILES string of the molecule is CCc1nc(C2(C)CCN(C(=O)Nc3c(Cl)cccc3N3CCN(C(C)C)CC3)CC2)no1. The number of anilines is 2. The van der Waals surface area contributed by atoms with E-state index in [-0.39, 0.29) is 11.4 Å². The molecule has 0 spiro atoms. The number of hydrogen-bond acceptors (Lipinski definition) is 6. The molecule has 2 amide bonds. The van der Waals surface area contributed by atoms with Crippen LogP contribution in [0.25, 0.3) is 0 Å². The molecule has 33 heavy (non-hydrogen) atoms. The van der Waals surface area contributed by atoms with Gasteiger partial charge >= 0.3 is 6.03 Å². The summed E-state index contributed by atoms with van der Waals surface area (Å²) in [7, 11) is 0. The summed E-state index contributed by atoms with van der Waals surface area (Å²) in [6.45, 7) is 13.7. The number of amides is 2. The standard InChI is InChI=1S/C24H35ClN6O2/c1-5-20-26-22(28-33-20)24(4)9-11-31(12-10-24)23(32)27-21-18(25)7-6-8-19(21)30-15-13-29(14-16-30)17(2)3/h6-8,17H,5,9-16H2,1-4H3,(H,27,32). The molecular formula is C24H35ClN6O2. The Bertz CT molecular complexity index is 962. The summed E-state index contributed by atoms with van der Waals surface area (Å²) in [6, 6.07) is 6.25. The van der Waals surface area contributed by atoms with Crippen molar-refractivity contribution in [1.82, 2.24) is 19.9 Å². The highest BCUT2D eigenvalue weighted by atomic mass is 35.5. The van der Waals surface area contributed by atoms with E-state index >= 15 is 0 Å². The summed E-state index contributed by atoms with van der Waals surface area (Å²) in [6.07, 6.45) is 2.30. The van der Waals surface area contributed by atoms with Crippen LogP contribution < -0.4 is 10.2 Å². The Morgan fingerprint density at radius 3 is 2.48 bits per heavy atom. The van der Waals surface area contributed by atoms with Gasteiger partial charge in [-0.05, 0) is 38.8 Å². The molecular weight excluding hydrogens is 440 g/mol. The predicted molar refractivity (Wildman–Crippen MR) is 131 cm³/mol. The first-order valence-electron chi connectivity index (χ1n) is 12.0. The number of likely N-dealkylation sites (tertiary alicyclic amines) is 1. The molecule has 0 bridgehead atoms. The summed E-state index contributed by atoms with van der Waals surface area (Å²) < 4.78 is 5.31. The van der Waals surface area contributed by atoms with Gasteiger partial charge in [0, 0.05) is 57.1 Å². The minimum atomic E-state index is -0.181. The number of hydrogen-bond donors (Lipinski definition) is 1. The molecule has 2 fully saturated rings. The lowest BCUT2D eigenvalue weighted by Crippen LogP contribution is -2.49. The molecule has 1 aromatic carbocycles. The van der Waals surface area contributed by atoms with Crippen molar-refractivity contribution in [2.75, 3.05) is 49.5 Å². The second kappa shape index (κ2) is 9.89. The number of benzene rings is 1. The highest BCUT2D eigenvalue weighted by Crippen LogP contribution is 2.36. The molecule has 9 heteroatoms. The van der Waals surface area contributed by atoms with Crippen molar-refractivity contribution in [3.05, 3.63) is 34.9 Å². The molecule has 180 valence electrons. The van der Waals surface area contributed by atoms with E-state index in [1.54, 1.807) is 0 Å². The van der Waals surface area contributed by atoms with Gasteiger partial charge in [-0.2, -0.15) is 4.98 Å². The average molecular weight is 475 g/mol. The monoisotopic (exact) mass is 474 g/mol. The van der Waals surface area contributed by atoms with Gasteiger partial charge in [0.1, 0.15) is 0 Å². The number of piperidine rings is 1. The van der Waals surface area contributed by atoms with E-state index in [0.717, 1.165) is 57.0 Å². The highest BCUT2D eigenvalue weighted by Gasteiger charge is 2.37. The molecule has 0 saturated carbocycles. The van der Waals surface area contributed by atoms with Gasteiger partial charge in [0.15, 0.2) is 5.82 Å². The molecule has 3 heterocycles. The van der Waals surface area contributed by atoms with E-state index in [9.17, 15) is 4.79 Å². The Hall–Kier alpha value is -2.32. The number of aromatic nitrogens is 2. The van der Waals surface area contributed by atoms with E-state index in [0.29, 0.717) is 35.7 Å². The maximum Gasteiger partial charge on any atom is 0.321 e. The molecule has 1 N–H and O–H groups in total. The second-order valence-corrected chi connectivity index (χ2v) is 10.0. The van der Waals surface area contributed by atoms with Crippen molar-refractivity contribution >= 4 is 29.0 Å². The smallest absolute Gasteiger partial charge is 0.321 e. The summed E-state index contributed by atoms with van der Waals surface area (Å²) in [5.41, 5.74) is 1.50. The zero-order valence-electron chi connectivity index (χ0n) is 20.1. The van der Waals surface area contributed by atoms with Crippen LogP contribution in [0.1, 0.15) is 52.3 Å². The Labute approximate surface area is 201 Å². The van der Waals surface area contributed by atoms with Crippen LogP contribution in [0, 0.1) is 0 Å². The molecule has 2 aliphatic heterocycles. The molecule has 0 atom stereocenters. The van der Waals surface area contributed by atoms with Gasteiger partial charge in [0.2, 0.25) is 5.89 Å². The van der Waals surface area contributed by atoms with Crippen LogP contribution in [0.5, 0.6) is 0 Å². The van der Waals surface area contributed by atoms with Crippen LogP contribution >= 0.6 is 11.6 Å². The summed E-state index contributed by atoms with van der Waals surface area (Å²) in [4.78, 5) is 24.3. The number of piperazine rings is 1. The van der Waals surface area contributed by atoms with Crippen molar-refractivity contribution in [3.63, 3.8) is 0 Å². The second-order valence-electron chi connectivity index (χ2n) is 9.59. The van der Waals surface area contributed by atoms with Gasteiger partial charge in [-0.1, -0.05) is 36.7 Å². The maximum absolute atomic E-state index is 13.2. The van der Waals surface area contributed by atoms with E-state index in [1.807, 2.05) is 30.0 Å². The van der Waals surface area contributed by atoms with E-state index in [1.165, 1.54) is 0 Å². The van der Waals surface area contributed by atoms with Crippen molar-refractivity contribution < 1.29 is 9.32 Å². The first-order valence-corrected chi connectivity index (χ1v) is 12.3. The fraction of sp³-hybridized carbons (Fsp3) is 0.625. The third kappa shape index (κ3) is 5.11. The van der Waals surface area contributed by atoms with Gasteiger partial charge in [-0.25, -0.2) is 4.79 Å². The van der Waals surface area contributed by atoms with Crippen LogP contribution in [0.4, 0.5) is 16.2 Å². The Morgan fingerprint density at radius 2 is 1.88 bits per heavy atom. The predicted octanol–water partition coefficient (Wildman–Crippen LogP) is 4.40. The van der Waals surface area contributed by atoms with Gasteiger partial charge in [0.25, 0.3) is 0 Å². The lowest BCUT2D eigenvalue weighted by atomic mass is 9.80. The quantitative estimate of drug-likeness (QED) is 0.692. The molecule has 0 aliphatic carbocycles. The Morgan fingerprint density at radius 1 is 1.18 bits per heavy atom.